The van der Waals surface area contributed by atoms with Crippen LogP contribution in [0.15, 0.2) is 24.3 Å². The van der Waals surface area contributed by atoms with E-state index in [4.69, 9.17) is 4.74 Å². The fourth-order valence-electron chi connectivity index (χ4n) is 2.45. The van der Waals surface area contributed by atoms with Gasteiger partial charge in [0.15, 0.2) is 0 Å². The van der Waals surface area contributed by atoms with Crippen molar-refractivity contribution in [3.8, 4) is 5.75 Å². The topological polar surface area (TPSA) is 21.3 Å². The molecular weight excluding hydrogens is 234 g/mol. The van der Waals surface area contributed by atoms with Gasteiger partial charge in [-0.1, -0.05) is 44.9 Å². The van der Waals surface area contributed by atoms with Gasteiger partial charge in [-0.25, -0.2) is 0 Å². The van der Waals surface area contributed by atoms with Gasteiger partial charge in [0.25, 0.3) is 0 Å². The molecule has 1 aromatic carbocycles. The Morgan fingerprint density at radius 1 is 1.05 bits per heavy atom. The van der Waals surface area contributed by atoms with Crippen molar-refractivity contribution >= 4 is 0 Å². The van der Waals surface area contributed by atoms with E-state index in [1.54, 1.807) is 0 Å². The van der Waals surface area contributed by atoms with Gasteiger partial charge >= 0.3 is 0 Å². The van der Waals surface area contributed by atoms with E-state index in [-0.39, 0.29) is 6.10 Å². The highest BCUT2D eigenvalue weighted by molar-refractivity contribution is 5.33. The van der Waals surface area contributed by atoms with Gasteiger partial charge in [-0.2, -0.15) is 0 Å². The van der Waals surface area contributed by atoms with Gasteiger partial charge in [0.05, 0.1) is 6.10 Å². The molecule has 0 aliphatic carbocycles. The zero-order valence-electron chi connectivity index (χ0n) is 13.1. The van der Waals surface area contributed by atoms with Crippen LogP contribution in [0, 0.1) is 5.92 Å². The summed E-state index contributed by atoms with van der Waals surface area (Å²) in [6.45, 7) is 11.8. The number of hydrogen-bond donors (Lipinski definition) is 1. The summed E-state index contributed by atoms with van der Waals surface area (Å²) in [5.74, 6) is 1.75. The molecule has 2 heteroatoms. The fraction of sp³-hybridized carbons (Fsp3) is 0.647. The van der Waals surface area contributed by atoms with Gasteiger partial charge in [0.2, 0.25) is 0 Å². The van der Waals surface area contributed by atoms with E-state index in [1.807, 2.05) is 6.07 Å². The molecule has 2 nitrogen and oxygen atoms in total. The molecule has 0 fully saturated rings. The Bertz CT molecular complexity index is 358. The van der Waals surface area contributed by atoms with Crippen LogP contribution in [0.5, 0.6) is 5.75 Å². The number of benzene rings is 1. The normalized spacial score (nSPS) is 13.0. The van der Waals surface area contributed by atoms with Crippen molar-refractivity contribution in [2.24, 2.45) is 5.92 Å². The van der Waals surface area contributed by atoms with E-state index < -0.39 is 0 Å². The maximum atomic E-state index is 5.85. The fourth-order valence-corrected chi connectivity index (χ4v) is 2.45. The first-order valence-corrected chi connectivity index (χ1v) is 7.56. The van der Waals surface area contributed by atoms with E-state index in [2.05, 4.69) is 58.1 Å². The smallest absolute Gasteiger partial charge is 0.124 e. The van der Waals surface area contributed by atoms with Crippen molar-refractivity contribution in [3.63, 3.8) is 0 Å². The summed E-state index contributed by atoms with van der Waals surface area (Å²) in [7, 11) is 0. The molecule has 1 aromatic rings. The van der Waals surface area contributed by atoms with Crippen LogP contribution in [0.3, 0.4) is 0 Å². The summed E-state index contributed by atoms with van der Waals surface area (Å²) in [6, 6.07) is 8.85. The summed E-state index contributed by atoms with van der Waals surface area (Å²) < 4.78 is 5.85. The molecule has 0 aliphatic heterocycles. The summed E-state index contributed by atoms with van der Waals surface area (Å²) in [5, 5.41) is 3.63. The number of nitrogens with one attached hydrogen (secondary N) is 1. The molecule has 0 aliphatic rings. The summed E-state index contributed by atoms with van der Waals surface area (Å²) in [5.41, 5.74) is 1.24. The van der Waals surface area contributed by atoms with Crippen LogP contribution in [0.2, 0.25) is 0 Å². The summed E-state index contributed by atoms with van der Waals surface area (Å²) in [6.07, 6.45) is 2.68. The number of para-hydroxylation sites is 1. The monoisotopic (exact) mass is 263 g/mol. The molecule has 0 aromatic heterocycles. The zero-order chi connectivity index (χ0) is 14.3. The standard InChI is InChI=1S/C17H29NO/c1-6-15(7-2)14(5)18-12-16-10-8-9-11-17(16)19-13(3)4/h8-11,13-15,18H,6-7,12H2,1-5H3. The van der Waals surface area contributed by atoms with Crippen molar-refractivity contribution in [1.29, 1.82) is 0 Å². The molecule has 1 rings (SSSR count). The third kappa shape index (κ3) is 5.23. The van der Waals surface area contributed by atoms with Gasteiger partial charge < -0.3 is 10.1 Å². The molecule has 1 unspecified atom stereocenters. The Labute approximate surface area is 118 Å². The lowest BCUT2D eigenvalue weighted by molar-refractivity contribution is 0.238. The van der Waals surface area contributed by atoms with Crippen LogP contribution in [0.1, 0.15) is 53.0 Å². The highest BCUT2D eigenvalue weighted by Crippen LogP contribution is 2.20. The van der Waals surface area contributed by atoms with Crippen molar-refractivity contribution in [2.45, 2.75) is 66.2 Å². The summed E-state index contributed by atoms with van der Waals surface area (Å²) >= 11 is 0. The molecule has 0 heterocycles. The van der Waals surface area contributed by atoms with Crippen LogP contribution in [-0.4, -0.2) is 12.1 Å². The molecule has 0 saturated heterocycles. The van der Waals surface area contributed by atoms with E-state index in [9.17, 15) is 0 Å². The van der Waals surface area contributed by atoms with Crippen molar-refractivity contribution in [2.75, 3.05) is 0 Å². The second-order valence-electron chi connectivity index (χ2n) is 5.52. The summed E-state index contributed by atoms with van der Waals surface area (Å²) in [4.78, 5) is 0. The lowest BCUT2D eigenvalue weighted by Gasteiger charge is -2.23. The molecule has 0 saturated carbocycles. The zero-order valence-corrected chi connectivity index (χ0v) is 13.1. The SMILES string of the molecule is CCC(CC)C(C)NCc1ccccc1OC(C)C. The van der Waals surface area contributed by atoms with Crippen LogP contribution in [0.4, 0.5) is 0 Å². The third-order valence-corrected chi connectivity index (χ3v) is 3.71. The molecule has 1 atom stereocenters. The van der Waals surface area contributed by atoms with Gasteiger partial charge in [-0.3, -0.25) is 0 Å². The number of hydrogen-bond acceptors (Lipinski definition) is 2. The maximum Gasteiger partial charge on any atom is 0.124 e. The van der Waals surface area contributed by atoms with E-state index >= 15 is 0 Å². The predicted molar refractivity (Wildman–Crippen MR) is 82.6 cm³/mol. The molecule has 19 heavy (non-hydrogen) atoms. The van der Waals surface area contributed by atoms with E-state index in [1.165, 1.54) is 18.4 Å². The molecule has 1 N–H and O–H groups in total. The van der Waals surface area contributed by atoms with Crippen molar-refractivity contribution < 1.29 is 4.74 Å². The highest BCUT2D eigenvalue weighted by atomic mass is 16.5. The Hall–Kier alpha value is -1.02. The molecule has 0 radical (unpaired) electrons. The first-order valence-electron chi connectivity index (χ1n) is 7.56. The van der Waals surface area contributed by atoms with Gasteiger partial charge in [-0.05, 0) is 32.8 Å². The lowest BCUT2D eigenvalue weighted by Crippen LogP contribution is -2.32. The molecule has 0 spiro atoms. The lowest BCUT2D eigenvalue weighted by atomic mass is 9.95. The first kappa shape index (κ1) is 16.0. The Morgan fingerprint density at radius 3 is 2.26 bits per heavy atom. The van der Waals surface area contributed by atoms with E-state index in [0.717, 1.165) is 18.2 Å². The third-order valence-electron chi connectivity index (χ3n) is 3.71. The molecule has 108 valence electrons. The maximum absolute atomic E-state index is 5.85. The average molecular weight is 263 g/mol. The Morgan fingerprint density at radius 2 is 1.68 bits per heavy atom. The number of ether oxygens (including phenoxy) is 1. The van der Waals surface area contributed by atoms with E-state index in [0.29, 0.717) is 6.04 Å². The van der Waals surface area contributed by atoms with Crippen molar-refractivity contribution in [1.82, 2.24) is 5.32 Å². The first-order chi connectivity index (χ1) is 9.08. The molecule has 0 amide bonds. The van der Waals surface area contributed by atoms with Crippen LogP contribution in [0.25, 0.3) is 0 Å². The average Bonchev–Trinajstić information content (AvgIpc) is 2.38. The number of rotatable bonds is 8. The van der Waals surface area contributed by atoms with Crippen molar-refractivity contribution in [3.05, 3.63) is 29.8 Å². The Kier molecular flexibility index (Phi) is 6.93. The minimum absolute atomic E-state index is 0.220. The minimum Gasteiger partial charge on any atom is -0.491 e. The largest absolute Gasteiger partial charge is 0.491 e. The highest BCUT2D eigenvalue weighted by Gasteiger charge is 2.13. The van der Waals surface area contributed by atoms with Gasteiger partial charge in [0, 0.05) is 18.2 Å². The quantitative estimate of drug-likeness (QED) is 0.751. The molecular formula is C17H29NO. The Balaban J connectivity index is 2.62. The van der Waals surface area contributed by atoms with Crippen LogP contribution < -0.4 is 10.1 Å². The van der Waals surface area contributed by atoms with Gasteiger partial charge in [-0.15, -0.1) is 0 Å². The predicted octanol–water partition coefficient (Wildman–Crippen LogP) is 4.39. The second-order valence-corrected chi connectivity index (χ2v) is 5.52. The van der Waals surface area contributed by atoms with Crippen LogP contribution >= 0.6 is 0 Å². The van der Waals surface area contributed by atoms with Gasteiger partial charge in [0.1, 0.15) is 5.75 Å². The van der Waals surface area contributed by atoms with Crippen LogP contribution in [-0.2, 0) is 6.54 Å². The second kappa shape index (κ2) is 8.21. The minimum atomic E-state index is 0.220. The molecule has 0 bridgehead atoms.